The van der Waals surface area contributed by atoms with E-state index in [2.05, 4.69) is 5.32 Å². The Kier molecular flexibility index (Phi) is 6.15. The summed E-state index contributed by atoms with van der Waals surface area (Å²) >= 11 is 6.84. The molecule has 2 amide bonds. The average molecular weight is 428 g/mol. The standard InChI is InChI=1S/C17H18ClN3O4S2/c18-14-6-7-16(26-14)27(24,25)21-10-8-20(9-11-21)15(22)12-19-17(23)13-4-2-1-3-5-13/h1-7H,8-12H2,(H,19,23). The van der Waals surface area contributed by atoms with E-state index in [0.717, 1.165) is 11.3 Å². The van der Waals surface area contributed by atoms with E-state index in [-0.39, 0.29) is 48.7 Å². The minimum atomic E-state index is -3.59. The lowest BCUT2D eigenvalue weighted by molar-refractivity contribution is -0.131. The van der Waals surface area contributed by atoms with Crippen LogP contribution in [0.3, 0.4) is 0 Å². The van der Waals surface area contributed by atoms with Gasteiger partial charge >= 0.3 is 0 Å². The maximum atomic E-state index is 12.6. The van der Waals surface area contributed by atoms with E-state index in [1.165, 1.54) is 10.4 Å². The van der Waals surface area contributed by atoms with Crippen molar-refractivity contribution < 1.29 is 18.0 Å². The summed E-state index contributed by atoms with van der Waals surface area (Å²) in [6, 6.07) is 11.7. The molecule has 0 saturated carbocycles. The van der Waals surface area contributed by atoms with Crippen molar-refractivity contribution in [2.45, 2.75) is 4.21 Å². The van der Waals surface area contributed by atoms with Gasteiger partial charge in [0, 0.05) is 31.7 Å². The molecule has 3 rings (SSSR count). The Morgan fingerprint density at radius 3 is 2.30 bits per heavy atom. The summed E-state index contributed by atoms with van der Waals surface area (Å²) in [7, 11) is -3.59. The van der Waals surface area contributed by atoms with Gasteiger partial charge in [0.15, 0.2) is 0 Å². The lowest BCUT2D eigenvalue weighted by Gasteiger charge is -2.33. The Labute approximate surface area is 166 Å². The third kappa shape index (κ3) is 4.67. The zero-order chi connectivity index (χ0) is 19.4. The molecule has 0 bridgehead atoms. The maximum Gasteiger partial charge on any atom is 0.252 e. The number of sulfonamides is 1. The molecule has 2 aromatic rings. The zero-order valence-corrected chi connectivity index (χ0v) is 16.7. The Hall–Kier alpha value is -1.94. The number of nitrogens with zero attached hydrogens (tertiary/aromatic N) is 2. The highest BCUT2D eigenvalue weighted by Crippen LogP contribution is 2.28. The largest absolute Gasteiger partial charge is 0.343 e. The van der Waals surface area contributed by atoms with E-state index in [4.69, 9.17) is 11.6 Å². The number of carbonyl (C=O) groups is 2. The second-order valence-electron chi connectivity index (χ2n) is 5.89. The van der Waals surface area contributed by atoms with Gasteiger partial charge in [0.25, 0.3) is 15.9 Å². The zero-order valence-electron chi connectivity index (χ0n) is 14.3. The SMILES string of the molecule is O=C(NCC(=O)N1CCN(S(=O)(=O)c2ccc(Cl)s2)CC1)c1ccccc1. The number of rotatable bonds is 5. The van der Waals surface area contributed by atoms with Crippen molar-refractivity contribution in [1.82, 2.24) is 14.5 Å². The van der Waals surface area contributed by atoms with E-state index >= 15 is 0 Å². The minimum absolute atomic E-state index is 0.124. The first-order chi connectivity index (χ1) is 12.9. The predicted molar refractivity (Wildman–Crippen MR) is 103 cm³/mol. The molecule has 1 aromatic heterocycles. The van der Waals surface area contributed by atoms with Gasteiger partial charge in [-0.25, -0.2) is 8.42 Å². The number of hydrogen-bond acceptors (Lipinski definition) is 5. The lowest BCUT2D eigenvalue weighted by Crippen LogP contribution is -2.52. The van der Waals surface area contributed by atoms with Crippen LogP contribution in [-0.4, -0.2) is 62.2 Å². The summed E-state index contributed by atoms with van der Waals surface area (Å²) in [4.78, 5) is 25.8. The summed E-state index contributed by atoms with van der Waals surface area (Å²) in [5.41, 5.74) is 0.482. The summed E-state index contributed by atoms with van der Waals surface area (Å²) in [6.07, 6.45) is 0. The number of benzene rings is 1. The molecule has 144 valence electrons. The van der Waals surface area contributed by atoms with Gasteiger partial charge in [-0.05, 0) is 24.3 Å². The van der Waals surface area contributed by atoms with Crippen molar-refractivity contribution in [2.75, 3.05) is 32.7 Å². The third-order valence-electron chi connectivity index (χ3n) is 4.17. The van der Waals surface area contributed by atoms with Gasteiger partial charge in [-0.15, -0.1) is 11.3 Å². The minimum Gasteiger partial charge on any atom is -0.343 e. The monoisotopic (exact) mass is 427 g/mol. The number of halogens is 1. The molecule has 0 spiro atoms. The van der Waals surface area contributed by atoms with Crippen molar-refractivity contribution in [2.24, 2.45) is 0 Å². The molecule has 1 aromatic carbocycles. The fourth-order valence-electron chi connectivity index (χ4n) is 2.70. The Morgan fingerprint density at radius 1 is 1.04 bits per heavy atom. The van der Waals surface area contributed by atoms with Gasteiger partial charge in [0.2, 0.25) is 5.91 Å². The molecular weight excluding hydrogens is 410 g/mol. The molecule has 7 nitrogen and oxygen atoms in total. The number of amides is 2. The second kappa shape index (κ2) is 8.39. The molecular formula is C17H18ClN3O4S2. The van der Waals surface area contributed by atoms with Crippen LogP contribution in [0.2, 0.25) is 4.34 Å². The molecule has 2 heterocycles. The fraction of sp³-hybridized carbons (Fsp3) is 0.294. The number of carbonyl (C=O) groups excluding carboxylic acids is 2. The highest BCUT2D eigenvalue weighted by atomic mass is 35.5. The smallest absolute Gasteiger partial charge is 0.252 e. The Morgan fingerprint density at radius 2 is 1.70 bits per heavy atom. The molecule has 1 N–H and O–H groups in total. The number of thiophene rings is 1. The highest BCUT2D eigenvalue weighted by molar-refractivity contribution is 7.91. The van der Waals surface area contributed by atoms with E-state index in [1.54, 1.807) is 41.3 Å². The predicted octanol–water partition coefficient (Wildman–Crippen LogP) is 1.66. The van der Waals surface area contributed by atoms with Crippen LogP contribution >= 0.6 is 22.9 Å². The van der Waals surface area contributed by atoms with Crippen LogP contribution in [0, 0.1) is 0 Å². The van der Waals surface area contributed by atoms with Crippen molar-refractivity contribution in [1.29, 1.82) is 0 Å². The van der Waals surface area contributed by atoms with Crippen LogP contribution in [0.15, 0.2) is 46.7 Å². The molecule has 0 unspecified atom stereocenters. The number of hydrogen-bond donors (Lipinski definition) is 1. The van der Waals surface area contributed by atoms with Crippen LogP contribution in [0.5, 0.6) is 0 Å². The van der Waals surface area contributed by atoms with Gasteiger partial charge in [0.1, 0.15) is 4.21 Å². The lowest BCUT2D eigenvalue weighted by atomic mass is 10.2. The second-order valence-corrected chi connectivity index (χ2v) is 9.77. The first-order valence-electron chi connectivity index (χ1n) is 8.24. The number of nitrogens with one attached hydrogen (secondary N) is 1. The van der Waals surface area contributed by atoms with Gasteiger partial charge in [-0.2, -0.15) is 4.31 Å². The van der Waals surface area contributed by atoms with Gasteiger partial charge in [-0.3, -0.25) is 9.59 Å². The molecule has 1 aliphatic heterocycles. The topological polar surface area (TPSA) is 86.8 Å². The van der Waals surface area contributed by atoms with Crippen molar-refractivity contribution in [3.05, 3.63) is 52.4 Å². The molecule has 0 radical (unpaired) electrons. The van der Waals surface area contributed by atoms with Crippen molar-refractivity contribution in [3.63, 3.8) is 0 Å². The first kappa shape index (κ1) is 19.8. The molecule has 1 saturated heterocycles. The summed E-state index contributed by atoms with van der Waals surface area (Å²) in [5.74, 6) is -0.560. The van der Waals surface area contributed by atoms with Crippen LogP contribution in [-0.2, 0) is 14.8 Å². The van der Waals surface area contributed by atoms with Crippen molar-refractivity contribution >= 4 is 44.8 Å². The fourth-order valence-corrected chi connectivity index (χ4v) is 5.76. The van der Waals surface area contributed by atoms with Crippen LogP contribution in [0.25, 0.3) is 0 Å². The highest BCUT2D eigenvalue weighted by Gasteiger charge is 2.31. The van der Waals surface area contributed by atoms with Gasteiger partial charge in [-0.1, -0.05) is 29.8 Å². The first-order valence-corrected chi connectivity index (χ1v) is 10.9. The Bertz CT molecular complexity index is 923. The molecule has 10 heteroatoms. The molecule has 0 atom stereocenters. The van der Waals surface area contributed by atoms with E-state index < -0.39 is 10.0 Å². The maximum absolute atomic E-state index is 12.6. The Balaban J connectivity index is 1.51. The molecule has 0 aliphatic carbocycles. The van der Waals surface area contributed by atoms with E-state index in [9.17, 15) is 18.0 Å². The normalized spacial score (nSPS) is 15.5. The van der Waals surface area contributed by atoms with Crippen LogP contribution in [0.4, 0.5) is 0 Å². The third-order valence-corrected chi connectivity index (χ3v) is 7.77. The van der Waals surface area contributed by atoms with Crippen LogP contribution in [0.1, 0.15) is 10.4 Å². The van der Waals surface area contributed by atoms with Crippen LogP contribution < -0.4 is 5.32 Å². The van der Waals surface area contributed by atoms with Gasteiger partial charge < -0.3 is 10.2 Å². The average Bonchev–Trinajstić information content (AvgIpc) is 3.14. The summed E-state index contributed by atoms with van der Waals surface area (Å²) < 4.78 is 27.1. The summed E-state index contributed by atoms with van der Waals surface area (Å²) in [5, 5.41) is 2.59. The number of piperazine rings is 1. The van der Waals surface area contributed by atoms with Crippen molar-refractivity contribution in [3.8, 4) is 0 Å². The molecule has 1 aliphatic rings. The van der Waals surface area contributed by atoms with Gasteiger partial charge in [0.05, 0.1) is 10.9 Å². The quantitative estimate of drug-likeness (QED) is 0.786. The summed E-state index contributed by atoms with van der Waals surface area (Å²) in [6.45, 7) is 0.838. The van der Waals surface area contributed by atoms with E-state index in [0.29, 0.717) is 9.90 Å². The molecule has 1 fully saturated rings. The molecule has 27 heavy (non-hydrogen) atoms. The van der Waals surface area contributed by atoms with E-state index in [1.807, 2.05) is 0 Å².